The van der Waals surface area contributed by atoms with E-state index in [-0.39, 0.29) is 55.8 Å². The number of ether oxygens (including phenoxy) is 2. The van der Waals surface area contributed by atoms with Crippen LogP contribution in [0.5, 0.6) is 0 Å². The Morgan fingerprint density at radius 3 is 2.54 bits per heavy atom. The summed E-state index contributed by atoms with van der Waals surface area (Å²) < 4.78 is 27.7. The molecule has 2 aromatic heterocycles. The first kappa shape index (κ1) is 39.8. The number of benzene rings is 1. The number of fused-ring (bicyclic) bond motifs is 2. The largest absolute Gasteiger partial charge is 0.512 e. The van der Waals surface area contributed by atoms with Crippen LogP contribution in [0.3, 0.4) is 0 Å². The summed E-state index contributed by atoms with van der Waals surface area (Å²) in [5.41, 5.74) is 8.58. The zero-order valence-electron chi connectivity index (χ0n) is 30.0. The minimum absolute atomic E-state index is 0.0259. The number of nitrogens with one attached hydrogen (secondary N) is 1. The maximum atomic E-state index is 15.6. The van der Waals surface area contributed by atoms with Crippen LogP contribution in [0.1, 0.15) is 55.2 Å². The normalized spacial score (nSPS) is 21.0. The number of carboxylic acid groups (broad SMARTS) is 2. The number of halogens is 2. The molecule has 23 heteroatoms. The van der Waals surface area contributed by atoms with E-state index in [0.29, 0.717) is 19.5 Å². The van der Waals surface area contributed by atoms with E-state index < -0.39 is 81.9 Å². The highest BCUT2D eigenvalue weighted by Crippen LogP contribution is 2.43. The minimum atomic E-state index is -1.84. The fraction of sp³-hybridized carbons (Fsp3) is 0.412. The molecule has 0 radical (unpaired) electrons. The van der Waals surface area contributed by atoms with Crippen molar-refractivity contribution < 1.29 is 52.9 Å². The van der Waals surface area contributed by atoms with Gasteiger partial charge in [-0.2, -0.15) is 0 Å². The van der Waals surface area contributed by atoms with Crippen molar-refractivity contribution in [2.45, 2.75) is 62.2 Å². The molecule has 2 amide bonds. The average molecular weight is 849 g/mol. The van der Waals surface area contributed by atoms with Gasteiger partial charge in [0.05, 0.1) is 21.6 Å². The number of anilines is 2. The van der Waals surface area contributed by atoms with Crippen LogP contribution >= 0.6 is 34.7 Å². The number of pyridine rings is 1. The number of carboxylic acids is 1. The number of thioether (sulfide) groups is 1. The van der Waals surface area contributed by atoms with E-state index in [1.807, 2.05) is 0 Å². The highest BCUT2D eigenvalue weighted by Gasteiger charge is 2.54. The van der Waals surface area contributed by atoms with E-state index in [4.69, 9.17) is 37.4 Å². The Morgan fingerprint density at radius 2 is 1.93 bits per heavy atom. The molecule has 5 heterocycles. The molecule has 2 saturated heterocycles. The van der Waals surface area contributed by atoms with Gasteiger partial charge in [-0.25, -0.2) is 23.8 Å². The van der Waals surface area contributed by atoms with Crippen LogP contribution < -0.4 is 27.1 Å². The van der Waals surface area contributed by atoms with Crippen molar-refractivity contribution in [1.82, 2.24) is 19.8 Å². The molecule has 0 spiro atoms. The lowest BCUT2D eigenvalue weighted by Crippen LogP contribution is -2.70. The number of carbonyl (C=O) groups excluding carboxylic acids is 3. The lowest BCUT2D eigenvalue weighted by molar-refractivity contribution is -0.161. The quantitative estimate of drug-likeness (QED) is 0.0758. The predicted molar refractivity (Wildman–Crippen MR) is 204 cm³/mol. The highest BCUT2D eigenvalue weighted by molar-refractivity contribution is 8.00. The lowest BCUT2D eigenvalue weighted by Gasteiger charge is -2.49. The zero-order chi connectivity index (χ0) is 41.1. The summed E-state index contributed by atoms with van der Waals surface area (Å²) in [4.78, 5) is 89.2. The Labute approximate surface area is 334 Å². The van der Waals surface area contributed by atoms with Gasteiger partial charge >= 0.3 is 18.1 Å². The molecule has 7 N–H and O–H groups in total. The van der Waals surface area contributed by atoms with Crippen molar-refractivity contribution in [2.24, 2.45) is 10.9 Å². The van der Waals surface area contributed by atoms with Gasteiger partial charge in [-0.1, -0.05) is 16.8 Å². The summed E-state index contributed by atoms with van der Waals surface area (Å²) in [6.45, 7) is 2.65. The van der Waals surface area contributed by atoms with E-state index >= 15 is 4.39 Å². The molecule has 1 unspecified atom stereocenters. The van der Waals surface area contributed by atoms with Gasteiger partial charge in [0.25, 0.3) is 11.8 Å². The van der Waals surface area contributed by atoms with Crippen molar-refractivity contribution >= 4 is 92.0 Å². The fourth-order valence-corrected chi connectivity index (χ4v) is 8.71. The minimum Gasteiger partial charge on any atom is -0.478 e. The molecule has 4 aliphatic rings. The number of aliphatic carboxylic acids is 1. The molecule has 3 aliphatic heterocycles. The molecule has 3 atom stereocenters. The number of esters is 1. The molecule has 0 bridgehead atoms. The molecule has 19 nitrogen and oxygen atoms in total. The first-order valence-corrected chi connectivity index (χ1v) is 19.6. The molecule has 1 saturated carbocycles. The molecule has 1 aromatic carbocycles. The Hall–Kier alpha value is -5.45. The van der Waals surface area contributed by atoms with E-state index in [9.17, 15) is 39.0 Å². The zero-order valence-corrected chi connectivity index (χ0v) is 32.4. The van der Waals surface area contributed by atoms with Gasteiger partial charge in [-0.05, 0) is 39.2 Å². The number of amides is 2. The van der Waals surface area contributed by atoms with Crippen molar-refractivity contribution in [1.29, 1.82) is 0 Å². The van der Waals surface area contributed by atoms with E-state index in [1.165, 1.54) is 25.4 Å². The van der Waals surface area contributed by atoms with Crippen LogP contribution in [0.25, 0.3) is 10.9 Å². The van der Waals surface area contributed by atoms with Gasteiger partial charge in [-0.15, -0.1) is 23.1 Å². The van der Waals surface area contributed by atoms with Crippen LogP contribution in [0, 0.1) is 5.82 Å². The third kappa shape index (κ3) is 7.56. The number of nitrogens with zero attached hydrogens (tertiary/aromatic N) is 5. The third-order valence-corrected chi connectivity index (χ3v) is 12.0. The smallest absolute Gasteiger partial charge is 0.478 e. The van der Waals surface area contributed by atoms with Crippen LogP contribution in [0.2, 0.25) is 5.02 Å². The van der Waals surface area contributed by atoms with Crippen LogP contribution in [-0.2, 0) is 28.7 Å². The highest BCUT2D eigenvalue weighted by atomic mass is 35.5. The van der Waals surface area contributed by atoms with Crippen molar-refractivity contribution in [2.75, 3.05) is 36.1 Å². The number of aromatic nitrogens is 2. The number of nitrogens with two attached hydrogens (primary N) is 2. The summed E-state index contributed by atoms with van der Waals surface area (Å²) in [6, 6.07) is -0.479. The molecular formula is C34H34ClFN8O11S2. The second kappa shape index (κ2) is 15.1. The second-order valence-electron chi connectivity index (χ2n) is 14.1. The van der Waals surface area contributed by atoms with Crippen molar-refractivity contribution in [3.8, 4) is 0 Å². The van der Waals surface area contributed by atoms with Crippen LogP contribution in [0.15, 0.2) is 39.0 Å². The van der Waals surface area contributed by atoms with Gasteiger partial charge < -0.3 is 50.8 Å². The summed E-state index contributed by atoms with van der Waals surface area (Å²) >= 11 is 8.82. The Balaban J connectivity index is 1.11. The standard InChI is InChI=1S/C34H34ClFN8O11S2/c1-34(2,31(49)50)55-41-21(19-12-57-32(38)39-19)26(46)40-22-27(47)44-28(54-33(51)52)13(11-56-29(22)44)10-53-30(48)17-9-43(15-3-4-15)23-16(25(17)45)7-18(36)24(20(23)35)42-6-5-14(37)8-42/h7,9,12,14-15,22,29H,3-6,8,10-11,37H2,1-2H3,(H2,38,39)(H,40,46)(H,49,50)(H,51,52)/b41-21-/t14?,22-,29-/m1/s1. The summed E-state index contributed by atoms with van der Waals surface area (Å²) in [7, 11) is 0. The first-order chi connectivity index (χ1) is 27.0. The number of rotatable bonds is 12. The molecular weight excluding hydrogens is 815 g/mol. The predicted octanol–water partition coefficient (Wildman–Crippen LogP) is 2.45. The summed E-state index contributed by atoms with van der Waals surface area (Å²) in [6.07, 6.45) is 1.62. The van der Waals surface area contributed by atoms with Crippen molar-refractivity contribution in [3.63, 3.8) is 0 Å². The monoisotopic (exact) mass is 848 g/mol. The number of thiazole rings is 1. The Bertz CT molecular complexity index is 2360. The molecule has 1 aliphatic carbocycles. The number of nitrogen functional groups attached to an aromatic ring is 1. The molecule has 3 fully saturated rings. The Kier molecular flexibility index (Phi) is 10.6. The van der Waals surface area contributed by atoms with Gasteiger partial charge in [0.15, 0.2) is 10.8 Å². The SMILES string of the molecule is CC(C)(O/N=C(\C(=O)N[C@@H]1C(=O)N2C(OC(=O)O)=C(COC(=O)c3cn(C4CC4)c4c(Cl)c(N5CCC(N)C5)c(F)cc4c3=O)CS[C@H]12)c1csc(N)n1)C(=O)O. The fourth-order valence-electron chi connectivity index (χ4n) is 6.45. The number of carbonyl (C=O) groups is 5. The number of hydrogen-bond donors (Lipinski definition) is 5. The van der Waals surface area contributed by atoms with Crippen molar-refractivity contribution in [3.05, 3.63) is 61.4 Å². The maximum absolute atomic E-state index is 15.6. The molecule has 302 valence electrons. The maximum Gasteiger partial charge on any atom is 0.512 e. The summed E-state index contributed by atoms with van der Waals surface area (Å²) in [5, 5.41) is 25.6. The van der Waals surface area contributed by atoms with Gasteiger partial charge in [-0.3, -0.25) is 19.3 Å². The molecule has 3 aromatic rings. The van der Waals surface area contributed by atoms with E-state index in [2.05, 4.69) is 15.5 Å². The van der Waals surface area contributed by atoms with Gasteiger partial charge in [0.1, 0.15) is 35.1 Å². The van der Waals surface area contributed by atoms with Gasteiger partial charge in [0, 0.05) is 48.1 Å². The number of β-lactam (4-membered cyclic amide) rings is 1. The Morgan fingerprint density at radius 1 is 1.19 bits per heavy atom. The average Bonchev–Trinajstić information content (AvgIpc) is 3.77. The lowest BCUT2D eigenvalue weighted by atomic mass is 10.1. The van der Waals surface area contributed by atoms with E-state index in [1.54, 1.807) is 9.47 Å². The number of oxime groups is 1. The van der Waals surface area contributed by atoms with Gasteiger partial charge in [0.2, 0.25) is 16.9 Å². The van der Waals surface area contributed by atoms with Crippen LogP contribution in [-0.4, -0.2) is 109 Å². The topological polar surface area (TPSA) is 271 Å². The van der Waals surface area contributed by atoms with Crippen LogP contribution in [0.4, 0.5) is 20.0 Å². The van der Waals surface area contributed by atoms with E-state index in [0.717, 1.165) is 46.9 Å². The third-order valence-electron chi connectivity index (χ3n) is 9.59. The molecule has 57 heavy (non-hydrogen) atoms. The summed E-state index contributed by atoms with van der Waals surface area (Å²) in [5.74, 6) is -5.52. The first-order valence-electron chi connectivity index (χ1n) is 17.3. The second-order valence-corrected chi connectivity index (χ2v) is 16.4. The molecule has 7 rings (SSSR count). The number of hydrogen-bond acceptors (Lipinski definition) is 16.